The molecular weight excluding hydrogens is 208 g/mol. The zero-order chi connectivity index (χ0) is 10.7. The molecule has 86 valence electrons. The van der Waals surface area contributed by atoms with Gasteiger partial charge in [0.05, 0.1) is 0 Å². The first-order valence-electron chi connectivity index (χ1n) is 5.84. The topological polar surface area (TPSA) is 32.3 Å². The average Bonchev–Trinajstić information content (AvgIpc) is 2.69. The first-order valence-corrected chi connectivity index (χ1v) is 7.06. The van der Waals surface area contributed by atoms with Gasteiger partial charge < -0.3 is 10.2 Å². The number of nitrogens with one attached hydrogen (secondary N) is 1. The minimum Gasteiger partial charge on any atom is -0.337 e. The molecule has 2 amide bonds. The Balaban J connectivity index is 1.74. The Morgan fingerprint density at radius 3 is 2.47 bits per heavy atom. The lowest BCUT2D eigenvalue weighted by molar-refractivity contribution is 0.204. The zero-order valence-electron chi connectivity index (χ0n) is 9.42. The Morgan fingerprint density at radius 1 is 1.33 bits per heavy atom. The first kappa shape index (κ1) is 11.1. The number of amides is 2. The van der Waals surface area contributed by atoms with Crippen LogP contribution < -0.4 is 5.32 Å². The van der Waals surface area contributed by atoms with Gasteiger partial charge in [-0.25, -0.2) is 4.79 Å². The van der Waals surface area contributed by atoms with E-state index in [1.165, 1.54) is 32.1 Å². The predicted octanol–water partition coefficient (Wildman–Crippen LogP) is 2.08. The fourth-order valence-corrected chi connectivity index (χ4v) is 3.21. The van der Waals surface area contributed by atoms with Crippen molar-refractivity contribution in [3.8, 4) is 0 Å². The van der Waals surface area contributed by atoms with Gasteiger partial charge >= 0.3 is 6.03 Å². The molecule has 0 unspecified atom stereocenters. The predicted molar refractivity (Wildman–Crippen MR) is 64.3 cm³/mol. The third kappa shape index (κ3) is 2.41. The van der Waals surface area contributed by atoms with Crippen LogP contribution in [0, 0.1) is 0 Å². The molecule has 0 atom stereocenters. The van der Waals surface area contributed by atoms with Crippen molar-refractivity contribution in [3.63, 3.8) is 0 Å². The largest absolute Gasteiger partial charge is 0.337 e. The van der Waals surface area contributed by atoms with Crippen molar-refractivity contribution < 1.29 is 4.79 Å². The van der Waals surface area contributed by atoms with Gasteiger partial charge in [-0.05, 0) is 31.9 Å². The van der Waals surface area contributed by atoms with Crippen LogP contribution in [0.15, 0.2) is 0 Å². The number of hydrogen-bond acceptors (Lipinski definition) is 2. The fraction of sp³-hybridized carbons (Fsp3) is 0.909. The summed E-state index contributed by atoms with van der Waals surface area (Å²) in [5.41, 5.74) is 0. The number of hydrogen-bond donors (Lipinski definition) is 1. The highest BCUT2D eigenvalue weighted by Gasteiger charge is 2.36. The summed E-state index contributed by atoms with van der Waals surface area (Å²) in [5, 5.41) is 3.08. The third-order valence-electron chi connectivity index (χ3n) is 3.65. The van der Waals surface area contributed by atoms with Gasteiger partial charge in [-0.3, -0.25) is 0 Å². The molecule has 1 aliphatic heterocycles. The second-order valence-electron chi connectivity index (χ2n) is 4.59. The number of carbonyl (C=O) groups is 1. The molecular formula is C11H20N2OS. The number of carbonyl (C=O) groups excluding carboxylic acids is 1. The van der Waals surface area contributed by atoms with E-state index in [2.05, 4.69) is 11.6 Å². The summed E-state index contributed by atoms with van der Waals surface area (Å²) in [7, 11) is 0. The summed E-state index contributed by atoms with van der Waals surface area (Å²) in [4.78, 5) is 13.7. The van der Waals surface area contributed by atoms with Crippen molar-refractivity contribution in [2.24, 2.45) is 0 Å². The maximum Gasteiger partial charge on any atom is 0.317 e. The van der Waals surface area contributed by atoms with Gasteiger partial charge in [0.15, 0.2) is 0 Å². The van der Waals surface area contributed by atoms with Crippen LogP contribution in [0.5, 0.6) is 0 Å². The number of rotatable bonds is 3. The van der Waals surface area contributed by atoms with Gasteiger partial charge in [0, 0.05) is 24.4 Å². The van der Waals surface area contributed by atoms with Crippen molar-refractivity contribution in [2.75, 3.05) is 25.9 Å². The van der Waals surface area contributed by atoms with Gasteiger partial charge in [0.1, 0.15) is 0 Å². The monoisotopic (exact) mass is 228 g/mol. The second kappa shape index (κ2) is 4.64. The van der Waals surface area contributed by atoms with E-state index in [9.17, 15) is 4.79 Å². The number of nitrogens with zero attached hydrogens (tertiary/aromatic N) is 1. The summed E-state index contributed by atoms with van der Waals surface area (Å²) < 4.78 is 0.357. The third-order valence-corrected chi connectivity index (χ3v) is 5.07. The van der Waals surface area contributed by atoms with Crippen LogP contribution in [0.1, 0.15) is 32.1 Å². The molecule has 0 aromatic heterocycles. The van der Waals surface area contributed by atoms with E-state index in [-0.39, 0.29) is 6.03 Å². The Morgan fingerprint density at radius 2 is 2.00 bits per heavy atom. The minimum absolute atomic E-state index is 0.146. The van der Waals surface area contributed by atoms with Crippen molar-refractivity contribution in [1.29, 1.82) is 0 Å². The molecule has 0 radical (unpaired) electrons. The highest BCUT2D eigenvalue weighted by molar-refractivity contribution is 8.00. The van der Waals surface area contributed by atoms with E-state index < -0.39 is 0 Å². The van der Waals surface area contributed by atoms with Crippen LogP contribution in [-0.4, -0.2) is 41.6 Å². The van der Waals surface area contributed by atoms with E-state index in [4.69, 9.17) is 0 Å². The van der Waals surface area contributed by atoms with Crippen LogP contribution in [0.4, 0.5) is 4.79 Å². The zero-order valence-corrected chi connectivity index (χ0v) is 10.2. The summed E-state index contributed by atoms with van der Waals surface area (Å²) in [6.07, 6.45) is 8.33. The van der Waals surface area contributed by atoms with Crippen LogP contribution in [-0.2, 0) is 0 Å². The van der Waals surface area contributed by atoms with Crippen LogP contribution in [0.3, 0.4) is 0 Å². The second-order valence-corrected chi connectivity index (χ2v) is 5.87. The Kier molecular flexibility index (Phi) is 3.44. The Hall–Kier alpha value is -0.380. The van der Waals surface area contributed by atoms with E-state index in [0.29, 0.717) is 4.75 Å². The van der Waals surface area contributed by atoms with E-state index in [1.807, 2.05) is 16.7 Å². The van der Waals surface area contributed by atoms with Crippen LogP contribution >= 0.6 is 11.8 Å². The molecule has 4 heteroatoms. The maximum absolute atomic E-state index is 11.8. The maximum atomic E-state index is 11.8. The van der Waals surface area contributed by atoms with Crippen molar-refractivity contribution in [2.45, 2.75) is 36.9 Å². The number of likely N-dealkylation sites (tertiary alicyclic amines) is 1. The van der Waals surface area contributed by atoms with Gasteiger partial charge in [0.25, 0.3) is 0 Å². The van der Waals surface area contributed by atoms with E-state index >= 15 is 0 Å². The lowest BCUT2D eigenvalue weighted by Gasteiger charge is -2.40. The summed E-state index contributed by atoms with van der Waals surface area (Å²) in [5.74, 6) is 0. The Bertz CT molecular complexity index is 229. The molecule has 1 N–H and O–H groups in total. The van der Waals surface area contributed by atoms with Crippen molar-refractivity contribution in [1.82, 2.24) is 10.2 Å². The smallest absolute Gasteiger partial charge is 0.317 e. The molecule has 0 aromatic rings. The molecule has 3 nitrogen and oxygen atoms in total. The lowest BCUT2D eigenvalue weighted by atomic mass is 9.84. The average molecular weight is 228 g/mol. The van der Waals surface area contributed by atoms with Crippen molar-refractivity contribution in [3.05, 3.63) is 0 Å². The highest BCUT2D eigenvalue weighted by Crippen LogP contribution is 2.42. The molecule has 1 heterocycles. The molecule has 1 aliphatic carbocycles. The number of thioether (sulfide) groups is 1. The van der Waals surface area contributed by atoms with Crippen LogP contribution in [0.25, 0.3) is 0 Å². The quantitative estimate of drug-likeness (QED) is 0.802. The van der Waals surface area contributed by atoms with E-state index in [0.717, 1.165) is 19.6 Å². The fourth-order valence-electron chi connectivity index (χ4n) is 2.29. The normalized spacial score (nSPS) is 23.7. The molecule has 2 aliphatic rings. The molecule has 2 rings (SSSR count). The standard InChI is InChI=1S/C11H20N2OS/c1-15-11(5-4-6-11)9-12-10(14)13-7-2-3-8-13/h2-9H2,1H3,(H,12,14). The summed E-state index contributed by atoms with van der Waals surface area (Å²) in [6.45, 7) is 2.74. The van der Waals surface area contributed by atoms with Gasteiger partial charge in [-0.15, -0.1) is 0 Å². The van der Waals surface area contributed by atoms with Gasteiger partial charge in [-0.2, -0.15) is 11.8 Å². The Labute approximate surface area is 96.0 Å². The SMILES string of the molecule is CSC1(CNC(=O)N2CCCC2)CCC1. The lowest BCUT2D eigenvalue weighted by Crippen LogP contribution is -2.48. The van der Waals surface area contributed by atoms with Crippen LogP contribution in [0.2, 0.25) is 0 Å². The summed E-state index contributed by atoms with van der Waals surface area (Å²) in [6, 6.07) is 0.146. The highest BCUT2D eigenvalue weighted by atomic mass is 32.2. The minimum atomic E-state index is 0.146. The van der Waals surface area contributed by atoms with Gasteiger partial charge in [-0.1, -0.05) is 6.42 Å². The molecule has 15 heavy (non-hydrogen) atoms. The first-order chi connectivity index (χ1) is 7.26. The molecule has 0 bridgehead atoms. The summed E-state index contributed by atoms with van der Waals surface area (Å²) >= 11 is 1.91. The molecule has 0 aromatic carbocycles. The van der Waals surface area contributed by atoms with E-state index in [1.54, 1.807) is 0 Å². The number of urea groups is 1. The molecule has 2 fully saturated rings. The van der Waals surface area contributed by atoms with Gasteiger partial charge in [0.2, 0.25) is 0 Å². The molecule has 1 saturated carbocycles. The molecule has 1 saturated heterocycles. The molecule has 0 spiro atoms. The van der Waals surface area contributed by atoms with Crippen molar-refractivity contribution >= 4 is 17.8 Å².